The van der Waals surface area contributed by atoms with Crippen LogP contribution in [-0.2, 0) is 6.54 Å². The van der Waals surface area contributed by atoms with Crippen molar-refractivity contribution in [2.45, 2.75) is 6.54 Å². The number of hydrogen-bond acceptors (Lipinski definition) is 5. The highest BCUT2D eigenvalue weighted by molar-refractivity contribution is 8.13. The minimum absolute atomic E-state index is 0.272. The van der Waals surface area contributed by atoms with E-state index in [1.54, 1.807) is 0 Å². The van der Waals surface area contributed by atoms with E-state index < -0.39 is 0 Å². The quantitative estimate of drug-likeness (QED) is 0.374. The van der Waals surface area contributed by atoms with Gasteiger partial charge in [-0.3, -0.25) is 10.3 Å². The Labute approximate surface area is 103 Å². The second-order valence-corrected chi connectivity index (χ2v) is 4.04. The molecule has 5 nitrogen and oxygen atoms in total. The van der Waals surface area contributed by atoms with Crippen molar-refractivity contribution < 1.29 is 9.47 Å². The van der Waals surface area contributed by atoms with E-state index in [2.05, 4.69) is 10.3 Å². The van der Waals surface area contributed by atoms with Crippen LogP contribution in [0.15, 0.2) is 23.2 Å². The fourth-order valence-corrected chi connectivity index (χ4v) is 1.75. The lowest BCUT2D eigenvalue weighted by Gasteiger charge is -2.02. The Hall–Kier alpha value is -1.87. The molecular formula is C11H11N3O2S. The van der Waals surface area contributed by atoms with Gasteiger partial charge in [0.2, 0.25) is 6.79 Å². The first-order valence-electron chi connectivity index (χ1n) is 4.95. The number of rotatable bonds is 2. The van der Waals surface area contributed by atoms with Crippen LogP contribution in [0.5, 0.6) is 11.5 Å². The van der Waals surface area contributed by atoms with E-state index in [0.717, 1.165) is 17.1 Å². The molecule has 6 heteroatoms. The molecule has 0 amide bonds. The molecule has 0 atom stereocenters. The fraction of sp³-hybridized carbons (Fsp3) is 0.273. The van der Waals surface area contributed by atoms with Crippen LogP contribution in [-0.4, -0.2) is 18.2 Å². The number of fused-ring (bicyclic) bond motifs is 1. The molecule has 17 heavy (non-hydrogen) atoms. The highest BCUT2D eigenvalue weighted by atomic mass is 32.2. The summed E-state index contributed by atoms with van der Waals surface area (Å²) in [5, 5.41) is 11.6. The zero-order valence-electron chi connectivity index (χ0n) is 9.27. The van der Waals surface area contributed by atoms with Crippen molar-refractivity contribution in [3.8, 4) is 17.7 Å². The Kier molecular flexibility index (Phi) is 3.73. The lowest BCUT2D eigenvalue weighted by molar-refractivity contribution is 0.174. The molecule has 0 fully saturated rings. The van der Waals surface area contributed by atoms with Crippen LogP contribution in [0, 0.1) is 11.5 Å². The standard InChI is InChI=1S/C11H11N3O2S/c1-17-11(14-6-12)13-5-8-2-3-9-10(4-8)16-7-15-9/h2-4H,5,7H2,1H3,(H,13,14). The van der Waals surface area contributed by atoms with E-state index in [1.807, 2.05) is 30.6 Å². The van der Waals surface area contributed by atoms with Crippen molar-refractivity contribution in [1.29, 1.82) is 5.26 Å². The highest BCUT2D eigenvalue weighted by Crippen LogP contribution is 2.32. The van der Waals surface area contributed by atoms with Gasteiger partial charge in [-0.05, 0) is 24.0 Å². The van der Waals surface area contributed by atoms with Crippen LogP contribution in [0.2, 0.25) is 0 Å². The molecule has 0 radical (unpaired) electrons. The number of ether oxygens (including phenoxy) is 2. The number of nitrogens with one attached hydrogen (secondary N) is 1. The summed E-state index contributed by atoms with van der Waals surface area (Å²) in [7, 11) is 0. The molecule has 88 valence electrons. The number of hydrogen-bond donors (Lipinski definition) is 1. The van der Waals surface area contributed by atoms with Gasteiger partial charge < -0.3 is 9.47 Å². The Morgan fingerprint density at radius 1 is 1.53 bits per heavy atom. The van der Waals surface area contributed by atoms with E-state index in [9.17, 15) is 0 Å². The van der Waals surface area contributed by atoms with Gasteiger partial charge in [0, 0.05) is 0 Å². The Morgan fingerprint density at radius 3 is 3.12 bits per heavy atom. The lowest BCUT2D eigenvalue weighted by atomic mass is 10.2. The van der Waals surface area contributed by atoms with Crippen molar-refractivity contribution >= 4 is 16.9 Å². The summed E-state index contributed by atoms with van der Waals surface area (Å²) < 4.78 is 10.5. The third kappa shape index (κ3) is 2.82. The van der Waals surface area contributed by atoms with Crippen molar-refractivity contribution in [3.05, 3.63) is 23.8 Å². The predicted octanol–water partition coefficient (Wildman–Crippen LogP) is 1.70. The SMILES string of the molecule is CSC(=NCc1ccc2c(c1)OCO2)NC#N. The van der Waals surface area contributed by atoms with Gasteiger partial charge in [-0.25, -0.2) is 0 Å². The monoisotopic (exact) mass is 249 g/mol. The van der Waals surface area contributed by atoms with E-state index in [1.165, 1.54) is 11.8 Å². The summed E-state index contributed by atoms with van der Waals surface area (Å²) in [6.07, 6.45) is 3.71. The third-order valence-corrected chi connectivity index (χ3v) is 2.82. The minimum atomic E-state index is 0.272. The molecule has 1 N–H and O–H groups in total. The Balaban J connectivity index is 2.07. The number of nitrogens with zero attached hydrogens (tertiary/aromatic N) is 2. The summed E-state index contributed by atoms with van der Waals surface area (Å²) >= 11 is 1.40. The van der Waals surface area contributed by atoms with Crippen LogP contribution in [0.25, 0.3) is 0 Å². The number of amidine groups is 1. The van der Waals surface area contributed by atoms with E-state index in [-0.39, 0.29) is 6.79 Å². The predicted molar refractivity (Wildman–Crippen MR) is 66.0 cm³/mol. The topological polar surface area (TPSA) is 66.6 Å². The van der Waals surface area contributed by atoms with Gasteiger partial charge >= 0.3 is 0 Å². The molecule has 1 heterocycles. The van der Waals surface area contributed by atoms with Gasteiger partial charge in [0.25, 0.3) is 0 Å². The smallest absolute Gasteiger partial charge is 0.231 e. The van der Waals surface area contributed by atoms with Crippen LogP contribution >= 0.6 is 11.8 Å². The normalized spacial score (nSPS) is 13.3. The molecule has 2 rings (SSSR count). The maximum absolute atomic E-state index is 8.50. The van der Waals surface area contributed by atoms with Gasteiger partial charge in [-0.2, -0.15) is 5.26 Å². The zero-order valence-corrected chi connectivity index (χ0v) is 10.1. The summed E-state index contributed by atoms with van der Waals surface area (Å²) in [6.45, 7) is 0.773. The van der Waals surface area contributed by atoms with Crippen molar-refractivity contribution in [2.24, 2.45) is 4.99 Å². The van der Waals surface area contributed by atoms with Gasteiger partial charge in [0.1, 0.15) is 0 Å². The van der Waals surface area contributed by atoms with Gasteiger partial charge in [0.15, 0.2) is 22.9 Å². The average molecular weight is 249 g/mol. The molecular weight excluding hydrogens is 238 g/mol. The molecule has 1 aromatic carbocycles. The molecule has 0 unspecified atom stereocenters. The minimum Gasteiger partial charge on any atom is -0.454 e. The molecule has 0 aliphatic carbocycles. The fourth-order valence-electron chi connectivity index (χ4n) is 1.41. The lowest BCUT2D eigenvalue weighted by Crippen LogP contribution is -2.13. The van der Waals surface area contributed by atoms with Gasteiger partial charge in [-0.1, -0.05) is 17.8 Å². The van der Waals surface area contributed by atoms with Crippen molar-refractivity contribution in [2.75, 3.05) is 13.0 Å². The first-order valence-corrected chi connectivity index (χ1v) is 6.18. The van der Waals surface area contributed by atoms with Crippen LogP contribution < -0.4 is 14.8 Å². The van der Waals surface area contributed by atoms with Crippen molar-refractivity contribution in [3.63, 3.8) is 0 Å². The summed E-state index contributed by atoms with van der Waals surface area (Å²) in [5.41, 5.74) is 1.01. The second kappa shape index (κ2) is 5.46. The van der Waals surface area contributed by atoms with E-state index in [4.69, 9.17) is 14.7 Å². The van der Waals surface area contributed by atoms with Crippen LogP contribution in [0.4, 0.5) is 0 Å². The first kappa shape index (κ1) is 11.6. The number of nitriles is 1. The summed E-state index contributed by atoms with van der Waals surface area (Å²) in [5.74, 6) is 1.51. The maximum atomic E-state index is 8.50. The third-order valence-electron chi connectivity index (χ3n) is 2.20. The first-order chi connectivity index (χ1) is 8.33. The number of thioether (sulfide) groups is 1. The van der Waals surface area contributed by atoms with E-state index >= 15 is 0 Å². The molecule has 0 spiro atoms. The van der Waals surface area contributed by atoms with Crippen LogP contribution in [0.3, 0.4) is 0 Å². The molecule has 0 bridgehead atoms. The zero-order chi connectivity index (χ0) is 12.1. The van der Waals surface area contributed by atoms with Gasteiger partial charge in [-0.15, -0.1) is 0 Å². The molecule has 1 aliphatic heterocycles. The Morgan fingerprint density at radius 2 is 2.35 bits per heavy atom. The second-order valence-electron chi connectivity index (χ2n) is 3.25. The average Bonchev–Trinajstić information content (AvgIpc) is 2.81. The molecule has 0 aromatic heterocycles. The Bertz CT molecular complexity index is 482. The maximum Gasteiger partial charge on any atom is 0.231 e. The molecule has 1 aliphatic rings. The number of aliphatic imine (C=N–C) groups is 1. The molecule has 0 saturated heterocycles. The van der Waals surface area contributed by atoms with E-state index in [0.29, 0.717) is 11.7 Å². The molecule has 1 aromatic rings. The number of benzene rings is 1. The van der Waals surface area contributed by atoms with Gasteiger partial charge in [0.05, 0.1) is 6.54 Å². The highest BCUT2D eigenvalue weighted by Gasteiger charge is 2.12. The van der Waals surface area contributed by atoms with Crippen LogP contribution in [0.1, 0.15) is 5.56 Å². The molecule has 0 saturated carbocycles. The van der Waals surface area contributed by atoms with Crippen molar-refractivity contribution in [1.82, 2.24) is 5.32 Å². The summed E-state index contributed by atoms with van der Waals surface area (Å²) in [6, 6.07) is 5.70. The largest absolute Gasteiger partial charge is 0.454 e. The summed E-state index contributed by atoms with van der Waals surface area (Å²) in [4.78, 5) is 4.28.